The van der Waals surface area contributed by atoms with Gasteiger partial charge in [-0.1, -0.05) is 0 Å². The third-order valence-corrected chi connectivity index (χ3v) is 4.08. The molecule has 0 spiro atoms. The second-order valence-electron chi connectivity index (χ2n) is 4.44. The maximum atomic E-state index is 11.0. The Balaban J connectivity index is 2.17. The molecule has 0 atom stereocenters. The maximum Gasteiger partial charge on any atom is 0.339 e. The topological polar surface area (TPSA) is 62.5 Å². The summed E-state index contributed by atoms with van der Waals surface area (Å²) >= 11 is 6.99. The predicted octanol–water partition coefficient (Wildman–Crippen LogP) is 4.73. The first-order chi connectivity index (χ1) is 9.38. The summed E-state index contributed by atoms with van der Waals surface area (Å²) in [6, 6.07) is 5.55. The Morgan fingerprint density at radius 2 is 1.85 bits per heavy atom. The van der Waals surface area contributed by atoms with Crippen LogP contribution in [0.5, 0.6) is 0 Å². The highest BCUT2D eigenvalue weighted by atomic mass is 79.9. The fourth-order valence-electron chi connectivity index (χ4n) is 1.89. The van der Waals surface area contributed by atoms with Gasteiger partial charge < -0.3 is 14.8 Å². The average molecular weight is 403 g/mol. The second-order valence-corrected chi connectivity index (χ2v) is 6.15. The van der Waals surface area contributed by atoms with Crippen LogP contribution in [0, 0.1) is 13.8 Å². The molecule has 0 radical (unpaired) electrons. The minimum atomic E-state index is -0.977. The molecule has 1 aromatic carbocycles. The van der Waals surface area contributed by atoms with Crippen molar-refractivity contribution in [3.05, 3.63) is 49.8 Å². The number of rotatable bonds is 4. The number of hydrogen-bond acceptors (Lipinski definition) is 3. The van der Waals surface area contributed by atoms with Gasteiger partial charge in [-0.15, -0.1) is 0 Å². The second kappa shape index (κ2) is 6.01. The van der Waals surface area contributed by atoms with E-state index in [1.165, 1.54) is 0 Å². The Bertz CT molecular complexity index is 641. The Kier molecular flexibility index (Phi) is 4.55. The zero-order valence-electron chi connectivity index (χ0n) is 11.0. The molecule has 0 aliphatic heterocycles. The molecule has 0 amide bonds. The molecule has 4 nitrogen and oxygen atoms in total. The van der Waals surface area contributed by atoms with Gasteiger partial charge in [-0.3, -0.25) is 0 Å². The highest BCUT2D eigenvalue weighted by Gasteiger charge is 2.14. The highest BCUT2D eigenvalue weighted by Crippen LogP contribution is 2.32. The van der Waals surface area contributed by atoms with Crippen molar-refractivity contribution in [2.24, 2.45) is 0 Å². The smallest absolute Gasteiger partial charge is 0.339 e. The summed E-state index contributed by atoms with van der Waals surface area (Å²) in [6.45, 7) is 4.06. The van der Waals surface area contributed by atoms with Crippen molar-refractivity contribution in [2.75, 3.05) is 5.32 Å². The summed E-state index contributed by atoms with van der Waals surface area (Å²) in [4.78, 5) is 11.0. The Morgan fingerprint density at radius 1 is 1.25 bits per heavy atom. The van der Waals surface area contributed by atoms with Crippen LogP contribution in [-0.2, 0) is 6.54 Å². The van der Waals surface area contributed by atoms with Crippen LogP contribution >= 0.6 is 31.9 Å². The van der Waals surface area contributed by atoms with Crippen LogP contribution < -0.4 is 5.32 Å². The van der Waals surface area contributed by atoms with Crippen molar-refractivity contribution < 1.29 is 14.3 Å². The van der Waals surface area contributed by atoms with Gasteiger partial charge in [-0.25, -0.2) is 4.79 Å². The number of halogens is 2. The molecular formula is C14H13Br2NO3. The van der Waals surface area contributed by atoms with Crippen LogP contribution in [0.4, 0.5) is 5.69 Å². The third-order valence-electron chi connectivity index (χ3n) is 2.83. The van der Waals surface area contributed by atoms with Crippen molar-refractivity contribution in [3.63, 3.8) is 0 Å². The van der Waals surface area contributed by atoms with E-state index in [9.17, 15) is 4.79 Å². The molecular weight excluding hydrogens is 390 g/mol. The van der Waals surface area contributed by atoms with Crippen molar-refractivity contribution in [2.45, 2.75) is 20.4 Å². The SMILES string of the molecule is Cc1cc(Br)c(NCc2cc(C(=O)O)c(C)o2)c(Br)c1. The van der Waals surface area contributed by atoms with Crippen LogP contribution in [0.1, 0.15) is 27.4 Å². The standard InChI is InChI=1S/C14H13Br2NO3/c1-7-3-11(15)13(12(16)4-7)17-6-9-5-10(14(18)19)8(2)20-9/h3-5,17H,6H2,1-2H3,(H,18,19). The molecule has 106 valence electrons. The van der Waals surface area contributed by atoms with E-state index in [1.807, 2.05) is 19.1 Å². The molecule has 1 aromatic heterocycles. The number of hydrogen-bond donors (Lipinski definition) is 2. The van der Waals surface area contributed by atoms with Gasteiger partial charge in [0.25, 0.3) is 0 Å². The number of nitrogens with one attached hydrogen (secondary N) is 1. The molecule has 0 saturated heterocycles. The summed E-state index contributed by atoms with van der Waals surface area (Å²) in [5.41, 5.74) is 2.24. The number of furan rings is 1. The van der Waals surface area contributed by atoms with E-state index in [2.05, 4.69) is 37.2 Å². The number of benzene rings is 1. The van der Waals surface area contributed by atoms with Gasteiger partial charge >= 0.3 is 5.97 Å². The number of carboxylic acids is 1. The Labute approximate surface area is 133 Å². The number of carboxylic acid groups (broad SMARTS) is 1. The lowest BCUT2D eigenvalue weighted by atomic mass is 10.2. The summed E-state index contributed by atoms with van der Waals surface area (Å²) in [5.74, 6) is 0.0193. The molecule has 2 aromatic rings. The van der Waals surface area contributed by atoms with Gasteiger partial charge in [0.1, 0.15) is 17.1 Å². The molecule has 1 heterocycles. The van der Waals surface area contributed by atoms with Crippen LogP contribution in [0.2, 0.25) is 0 Å². The van der Waals surface area contributed by atoms with E-state index >= 15 is 0 Å². The summed E-state index contributed by atoms with van der Waals surface area (Å²) in [7, 11) is 0. The number of anilines is 1. The third kappa shape index (κ3) is 3.24. The van der Waals surface area contributed by atoms with E-state index < -0.39 is 5.97 Å². The van der Waals surface area contributed by atoms with Gasteiger partial charge in [0.05, 0.1) is 12.2 Å². The minimum Gasteiger partial charge on any atom is -0.478 e. The van der Waals surface area contributed by atoms with Gasteiger partial charge in [0.2, 0.25) is 0 Å². The van der Waals surface area contributed by atoms with Gasteiger partial charge in [0.15, 0.2) is 0 Å². The van der Waals surface area contributed by atoms with Gasteiger partial charge in [-0.2, -0.15) is 0 Å². The van der Waals surface area contributed by atoms with Crippen molar-refractivity contribution in [3.8, 4) is 0 Å². The average Bonchev–Trinajstić information content (AvgIpc) is 2.69. The van der Waals surface area contributed by atoms with E-state index in [0.717, 1.165) is 20.2 Å². The molecule has 0 saturated carbocycles. The van der Waals surface area contributed by atoms with Crippen molar-refractivity contribution in [1.29, 1.82) is 0 Å². The van der Waals surface area contributed by atoms with Crippen LogP contribution in [0.25, 0.3) is 0 Å². The lowest BCUT2D eigenvalue weighted by molar-refractivity contribution is 0.0695. The van der Waals surface area contributed by atoms with Crippen molar-refractivity contribution in [1.82, 2.24) is 0 Å². The zero-order chi connectivity index (χ0) is 14.9. The first kappa shape index (κ1) is 15.1. The quantitative estimate of drug-likeness (QED) is 0.775. The number of aromatic carboxylic acids is 1. The van der Waals surface area contributed by atoms with E-state index in [-0.39, 0.29) is 5.56 Å². The molecule has 0 aliphatic rings. The predicted molar refractivity (Wildman–Crippen MR) is 84.3 cm³/mol. The molecule has 6 heteroatoms. The van der Waals surface area contributed by atoms with Gasteiger partial charge in [-0.05, 0) is 69.5 Å². The number of carbonyl (C=O) groups is 1. The molecule has 2 rings (SSSR count). The molecule has 0 bridgehead atoms. The summed E-state index contributed by atoms with van der Waals surface area (Å²) in [5, 5.41) is 12.2. The lowest BCUT2D eigenvalue weighted by Gasteiger charge is -2.10. The molecule has 0 aliphatic carbocycles. The first-order valence-corrected chi connectivity index (χ1v) is 7.49. The molecule has 0 unspecified atom stereocenters. The first-order valence-electron chi connectivity index (χ1n) is 5.90. The van der Waals surface area contributed by atoms with Crippen LogP contribution in [0.3, 0.4) is 0 Å². The molecule has 2 N–H and O–H groups in total. The van der Waals surface area contributed by atoms with E-state index in [0.29, 0.717) is 18.1 Å². The highest BCUT2D eigenvalue weighted by molar-refractivity contribution is 9.11. The van der Waals surface area contributed by atoms with E-state index in [4.69, 9.17) is 9.52 Å². The molecule has 0 fully saturated rings. The van der Waals surface area contributed by atoms with Crippen LogP contribution in [0.15, 0.2) is 31.6 Å². The maximum absolute atomic E-state index is 11.0. The number of aryl methyl sites for hydroxylation is 2. The fourth-order valence-corrected chi connectivity index (χ4v) is 3.58. The zero-order valence-corrected chi connectivity index (χ0v) is 14.1. The normalized spacial score (nSPS) is 10.6. The summed E-state index contributed by atoms with van der Waals surface area (Å²) in [6.07, 6.45) is 0. The van der Waals surface area contributed by atoms with Gasteiger partial charge in [0, 0.05) is 8.95 Å². The van der Waals surface area contributed by atoms with Crippen molar-refractivity contribution >= 4 is 43.5 Å². The summed E-state index contributed by atoms with van der Waals surface area (Å²) < 4.78 is 7.30. The monoisotopic (exact) mass is 401 g/mol. The fraction of sp³-hybridized carbons (Fsp3) is 0.214. The Morgan fingerprint density at radius 3 is 2.35 bits per heavy atom. The Hall–Kier alpha value is -1.27. The molecule has 20 heavy (non-hydrogen) atoms. The largest absolute Gasteiger partial charge is 0.478 e. The van der Waals surface area contributed by atoms with Crippen LogP contribution in [-0.4, -0.2) is 11.1 Å². The minimum absolute atomic E-state index is 0.198. The lowest BCUT2D eigenvalue weighted by Crippen LogP contribution is -2.00. The van der Waals surface area contributed by atoms with E-state index in [1.54, 1.807) is 13.0 Å².